The molecule has 3 aromatic rings. The van der Waals surface area contributed by atoms with E-state index in [9.17, 15) is 4.79 Å². The molecule has 0 saturated carbocycles. The number of nitrogens with zero attached hydrogens (tertiary/aromatic N) is 4. The molecule has 0 N–H and O–H groups in total. The fourth-order valence-electron chi connectivity index (χ4n) is 3.58. The number of carbonyl (C=O) groups is 1. The molecule has 4 heterocycles. The first kappa shape index (κ1) is 17.9. The van der Waals surface area contributed by atoms with Crippen molar-refractivity contribution in [1.29, 1.82) is 0 Å². The average molecular weight is 382 g/mol. The third-order valence-electron chi connectivity index (χ3n) is 4.90. The van der Waals surface area contributed by atoms with Gasteiger partial charge in [-0.25, -0.2) is 9.97 Å². The molecule has 1 aliphatic heterocycles. The van der Waals surface area contributed by atoms with Crippen LogP contribution in [-0.4, -0.2) is 39.0 Å². The Kier molecular flexibility index (Phi) is 5.03. The predicted octanol–water partition coefficient (Wildman–Crippen LogP) is 3.76. The number of aromatic nitrogens is 3. The number of hydrogen-bond acceptors (Lipinski definition) is 6. The Morgan fingerprint density at radius 1 is 1.41 bits per heavy atom. The third kappa shape index (κ3) is 3.93. The van der Waals surface area contributed by atoms with Gasteiger partial charge in [-0.2, -0.15) is 0 Å². The molecule has 0 aromatic carbocycles. The van der Waals surface area contributed by atoms with Crippen molar-refractivity contribution in [2.75, 3.05) is 13.1 Å². The van der Waals surface area contributed by atoms with Crippen molar-refractivity contribution in [2.45, 2.75) is 39.0 Å². The van der Waals surface area contributed by atoms with Gasteiger partial charge in [0.1, 0.15) is 5.82 Å². The summed E-state index contributed by atoms with van der Waals surface area (Å²) in [5.41, 5.74) is 2.65. The lowest BCUT2D eigenvalue weighted by Gasteiger charge is -2.33. The van der Waals surface area contributed by atoms with Gasteiger partial charge in [0.2, 0.25) is 5.91 Å². The van der Waals surface area contributed by atoms with Crippen molar-refractivity contribution >= 4 is 17.2 Å². The van der Waals surface area contributed by atoms with Crippen LogP contribution in [-0.2, 0) is 11.2 Å². The highest BCUT2D eigenvalue weighted by molar-refractivity contribution is 7.10. The maximum absolute atomic E-state index is 12.7. The monoisotopic (exact) mass is 382 g/mol. The van der Waals surface area contributed by atoms with Crippen molar-refractivity contribution in [3.63, 3.8) is 0 Å². The summed E-state index contributed by atoms with van der Waals surface area (Å²) >= 11 is 1.63. The second-order valence-electron chi connectivity index (χ2n) is 6.98. The first-order chi connectivity index (χ1) is 13.1. The number of amides is 1. The van der Waals surface area contributed by atoms with Crippen LogP contribution in [0.15, 0.2) is 34.3 Å². The van der Waals surface area contributed by atoms with Crippen LogP contribution >= 0.6 is 11.3 Å². The molecule has 1 saturated heterocycles. The highest BCUT2D eigenvalue weighted by Gasteiger charge is 2.28. The Bertz CT molecular complexity index is 935. The maximum Gasteiger partial charge on any atom is 0.227 e. The van der Waals surface area contributed by atoms with Gasteiger partial charge in [0.05, 0.1) is 23.4 Å². The van der Waals surface area contributed by atoms with E-state index in [0.717, 1.165) is 47.0 Å². The van der Waals surface area contributed by atoms with Gasteiger partial charge in [-0.1, -0.05) is 11.2 Å². The van der Waals surface area contributed by atoms with Crippen LogP contribution in [0, 0.1) is 13.8 Å². The first-order valence-electron chi connectivity index (χ1n) is 9.17. The Hall–Kier alpha value is -2.54. The van der Waals surface area contributed by atoms with Gasteiger partial charge in [-0.3, -0.25) is 4.79 Å². The number of piperidine rings is 1. The zero-order valence-corrected chi connectivity index (χ0v) is 16.3. The summed E-state index contributed by atoms with van der Waals surface area (Å²) in [6.07, 6.45) is 4.25. The number of rotatable bonds is 4. The lowest BCUT2D eigenvalue weighted by molar-refractivity contribution is -0.131. The van der Waals surface area contributed by atoms with E-state index in [-0.39, 0.29) is 11.8 Å². The molecule has 1 atom stereocenters. The lowest BCUT2D eigenvalue weighted by atomic mass is 9.91. The van der Waals surface area contributed by atoms with Gasteiger partial charge in [-0.15, -0.1) is 11.3 Å². The normalized spacial score (nSPS) is 17.3. The zero-order valence-electron chi connectivity index (χ0n) is 15.5. The third-order valence-corrected chi connectivity index (χ3v) is 5.77. The second-order valence-corrected chi connectivity index (χ2v) is 8.02. The molecule has 4 rings (SSSR count). The number of hydrogen-bond donors (Lipinski definition) is 0. The summed E-state index contributed by atoms with van der Waals surface area (Å²) in [4.78, 5) is 24.9. The zero-order chi connectivity index (χ0) is 18.8. The number of thiophene rings is 1. The van der Waals surface area contributed by atoms with E-state index in [0.29, 0.717) is 18.7 Å². The molecule has 0 spiro atoms. The van der Waals surface area contributed by atoms with Crippen LogP contribution in [0.2, 0.25) is 0 Å². The van der Waals surface area contributed by atoms with E-state index in [1.165, 1.54) is 0 Å². The highest BCUT2D eigenvalue weighted by atomic mass is 32.1. The molecule has 0 radical (unpaired) electrons. The van der Waals surface area contributed by atoms with Crippen LogP contribution in [0.3, 0.4) is 0 Å². The molecule has 0 aliphatic carbocycles. The van der Waals surface area contributed by atoms with Crippen LogP contribution < -0.4 is 0 Å². The van der Waals surface area contributed by atoms with E-state index >= 15 is 0 Å². The van der Waals surface area contributed by atoms with Crippen molar-refractivity contribution in [3.8, 4) is 11.3 Å². The smallest absolute Gasteiger partial charge is 0.227 e. The fraction of sp³-hybridized carbons (Fsp3) is 0.400. The molecule has 27 heavy (non-hydrogen) atoms. The van der Waals surface area contributed by atoms with E-state index in [1.54, 1.807) is 11.3 Å². The maximum atomic E-state index is 12.7. The van der Waals surface area contributed by atoms with E-state index < -0.39 is 0 Å². The Labute approximate surface area is 162 Å². The fourth-order valence-corrected chi connectivity index (χ4v) is 4.28. The summed E-state index contributed by atoms with van der Waals surface area (Å²) in [5.74, 6) is 1.77. The quantitative estimate of drug-likeness (QED) is 0.687. The van der Waals surface area contributed by atoms with Crippen molar-refractivity contribution in [1.82, 2.24) is 20.0 Å². The van der Waals surface area contributed by atoms with E-state index in [1.807, 2.05) is 48.5 Å². The van der Waals surface area contributed by atoms with E-state index in [4.69, 9.17) is 9.51 Å². The van der Waals surface area contributed by atoms with Crippen LogP contribution in [0.5, 0.6) is 0 Å². The minimum Gasteiger partial charge on any atom is -0.356 e. The first-order valence-corrected chi connectivity index (χ1v) is 10.1. The SMILES string of the molecule is Cc1cc(-c2cnc(C)nc2C2CCCN(C(=O)Cc3cccs3)C2)on1. The predicted molar refractivity (Wildman–Crippen MR) is 104 cm³/mol. The topological polar surface area (TPSA) is 72.1 Å². The minimum atomic E-state index is 0.174. The standard InChI is InChI=1S/C20H22N4O2S/c1-13-9-18(26-23-13)17-11-21-14(2)22-20(17)15-5-3-7-24(12-15)19(25)10-16-6-4-8-27-16/h4,6,8-9,11,15H,3,5,7,10,12H2,1-2H3. The van der Waals surface area contributed by atoms with Crippen LogP contribution in [0.1, 0.15) is 40.8 Å². The van der Waals surface area contributed by atoms with E-state index in [2.05, 4.69) is 10.1 Å². The molecular formula is C20H22N4O2S. The van der Waals surface area contributed by atoms with Gasteiger partial charge in [0.15, 0.2) is 5.76 Å². The molecular weight excluding hydrogens is 360 g/mol. The van der Waals surface area contributed by atoms with Crippen LogP contribution in [0.4, 0.5) is 0 Å². The van der Waals surface area contributed by atoms with Crippen molar-refractivity contribution in [3.05, 3.63) is 51.9 Å². The molecule has 1 aliphatic rings. The molecule has 7 heteroatoms. The molecule has 0 bridgehead atoms. The average Bonchev–Trinajstić information content (AvgIpc) is 3.33. The summed E-state index contributed by atoms with van der Waals surface area (Å²) in [7, 11) is 0. The summed E-state index contributed by atoms with van der Waals surface area (Å²) < 4.78 is 5.46. The van der Waals surface area contributed by atoms with Crippen molar-refractivity contribution in [2.24, 2.45) is 0 Å². The number of carbonyl (C=O) groups excluding carboxylic acids is 1. The van der Waals surface area contributed by atoms with Gasteiger partial charge in [0, 0.05) is 36.1 Å². The molecule has 140 valence electrons. The molecule has 1 unspecified atom stereocenters. The van der Waals surface area contributed by atoms with Crippen LogP contribution in [0.25, 0.3) is 11.3 Å². The Morgan fingerprint density at radius 2 is 2.30 bits per heavy atom. The summed E-state index contributed by atoms with van der Waals surface area (Å²) in [6.45, 7) is 5.27. The Morgan fingerprint density at radius 3 is 3.04 bits per heavy atom. The van der Waals surface area contributed by atoms with Crippen molar-refractivity contribution < 1.29 is 9.32 Å². The largest absolute Gasteiger partial charge is 0.356 e. The number of likely N-dealkylation sites (tertiary alicyclic amines) is 1. The lowest BCUT2D eigenvalue weighted by Crippen LogP contribution is -2.40. The molecule has 3 aromatic heterocycles. The van der Waals surface area contributed by atoms with Gasteiger partial charge >= 0.3 is 0 Å². The molecule has 6 nitrogen and oxygen atoms in total. The highest BCUT2D eigenvalue weighted by Crippen LogP contribution is 2.33. The molecule has 1 amide bonds. The summed E-state index contributed by atoms with van der Waals surface area (Å²) in [6, 6.07) is 5.91. The minimum absolute atomic E-state index is 0.174. The summed E-state index contributed by atoms with van der Waals surface area (Å²) in [5, 5.41) is 6.00. The van der Waals surface area contributed by atoms with Gasteiger partial charge in [0.25, 0.3) is 0 Å². The Balaban J connectivity index is 1.57. The molecule has 1 fully saturated rings. The number of aryl methyl sites for hydroxylation is 2. The second kappa shape index (κ2) is 7.60. The van der Waals surface area contributed by atoms with Gasteiger partial charge < -0.3 is 9.42 Å². The van der Waals surface area contributed by atoms with Gasteiger partial charge in [-0.05, 0) is 38.1 Å².